The molecule has 108 valence electrons. The van der Waals surface area contributed by atoms with Gasteiger partial charge >= 0.3 is 6.18 Å². The van der Waals surface area contributed by atoms with Gasteiger partial charge in [-0.2, -0.15) is 13.2 Å². The van der Waals surface area contributed by atoms with Crippen molar-refractivity contribution in [2.75, 3.05) is 6.54 Å². The van der Waals surface area contributed by atoms with E-state index in [0.717, 1.165) is 18.8 Å². The molecule has 6 heteroatoms. The van der Waals surface area contributed by atoms with Crippen LogP contribution < -0.4 is 10.6 Å². The summed E-state index contributed by atoms with van der Waals surface area (Å²) in [5.41, 5.74) is -0.116. The van der Waals surface area contributed by atoms with Gasteiger partial charge in [0.2, 0.25) is 0 Å². The van der Waals surface area contributed by atoms with Crippen molar-refractivity contribution < 1.29 is 13.2 Å². The zero-order chi connectivity index (χ0) is 14.5. The van der Waals surface area contributed by atoms with Gasteiger partial charge in [0.05, 0.1) is 11.3 Å². The summed E-state index contributed by atoms with van der Waals surface area (Å²) in [5, 5.41) is 6.49. The summed E-state index contributed by atoms with van der Waals surface area (Å²) < 4.78 is 37.0. The SMILES string of the molecule is CC(C)NCC(C)NCc1ccc(C(F)(F)F)cn1. The zero-order valence-corrected chi connectivity index (χ0v) is 11.4. The molecule has 1 rings (SSSR count). The van der Waals surface area contributed by atoms with Gasteiger partial charge in [0.15, 0.2) is 0 Å². The fourth-order valence-electron chi connectivity index (χ4n) is 1.46. The van der Waals surface area contributed by atoms with Gasteiger partial charge in [-0.15, -0.1) is 0 Å². The maximum atomic E-state index is 12.3. The third-order valence-electron chi connectivity index (χ3n) is 2.62. The van der Waals surface area contributed by atoms with E-state index in [1.54, 1.807) is 0 Å². The number of alkyl halides is 3. The summed E-state index contributed by atoms with van der Waals surface area (Å²) in [7, 11) is 0. The van der Waals surface area contributed by atoms with Crippen molar-refractivity contribution in [2.45, 2.75) is 45.6 Å². The van der Waals surface area contributed by atoms with Crippen molar-refractivity contribution in [2.24, 2.45) is 0 Å². The van der Waals surface area contributed by atoms with Crippen molar-refractivity contribution in [3.05, 3.63) is 29.6 Å². The summed E-state index contributed by atoms with van der Waals surface area (Å²) in [5.74, 6) is 0. The van der Waals surface area contributed by atoms with E-state index in [1.165, 1.54) is 6.07 Å². The van der Waals surface area contributed by atoms with E-state index in [4.69, 9.17) is 0 Å². The van der Waals surface area contributed by atoms with E-state index in [2.05, 4.69) is 29.5 Å². The van der Waals surface area contributed by atoms with Crippen LogP contribution in [0.15, 0.2) is 18.3 Å². The van der Waals surface area contributed by atoms with E-state index >= 15 is 0 Å². The smallest absolute Gasteiger partial charge is 0.313 e. The molecule has 19 heavy (non-hydrogen) atoms. The maximum absolute atomic E-state index is 12.3. The molecule has 0 aliphatic carbocycles. The fourth-order valence-corrected chi connectivity index (χ4v) is 1.46. The van der Waals surface area contributed by atoms with Crippen LogP contribution in [0.25, 0.3) is 0 Å². The highest BCUT2D eigenvalue weighted by Gasteiger charge is 2.30. The maximum Gasteiger partial charge on any atom is 0.417 e. The fraction of sp³-hybridized carbons (Fsp3) is 0.615. The summed E-state index contributed by atoms with van der Waals surface area (Å²) >= 11 is 0. The lowest BCUT2D eigenvalue weighted by molar-refractivity contribution is -0.137. The van der Waals surface area contributed by atoms with Crippen LogP contribution in [0, 0.1) is 0 Å². The van der Waals surface area contributed by atoms with Crippen molar-refractivity contribution in [3.8, 4) is 0 Å². The topological polar surface area (TPSA) is 37.0 Å². The van der Waals surface area contributed by atoms with Crippen LogP contribution in [-0.2, 0) is 12.7 Å². The number of hydrogen-bond acceptors (Lipinski definition) is 3. The Kier molecular flexibility index (Phi) is 5.75. The minimum atomic E-state index is -4.33. The second kappa shape index (κ2) is 6.86. The summed E-state index contributed by atoms with van der Waals surface area (Å²) in [6.45, 7) is 7.39. The van der Waals surface area contributed by atoms with E-state index in [9.17, 15) is 13.2 Å². The third-order valence-corrected chi connectivity index (χ3v) is 2.62. The predicted molar refractivity (Wildman–Crippen MR) is 68.7 cm³/mol. The summed E-state index contributed by atoms with van der Waals surface area (Å²) in [6, 6.07) is 3.10. The molecular formula is C13H20F3N3. The molecule has 1 heterocycles. The number of aromatic nitrogens is 1. The lowest BCUT2D eigenvalue weighted by Gasteiger charge is -2.16. The molecule has 0 bridgehead atoms. The Labute approximate surface area is 111 Å². The molecule has 3 nitrogen and oxygen atoms in total. The molecule has 1 unspecified atom stereocenters. The van der Waals surface area contributed by atoms with Gasteiger partial charge in [-0.3, -0.25) is 4.98 Å². The Hall–Kier alpha value is -1.14. The number of rotatable bonds is 6. The molecule has 0 radical (unpaired) electrons. The summed E-state index contributed by atoms with van der Waals surface area (Å²) in [6.07, 6.45) is -3.46. The minimum Gasteiger partial charge on any atom is -0.313 e. The Morgan fingerprint density at radius 1 is 1.16 bits per heavy atom. The Balaban J connectivity index is 2.42. The standard InChI is InChI=1S/C13H20F3N3/c1-9(2)17-6-10(3)18-8-12-5-4-11(7-19-12)13(14,15)16/h4-5,7,9-10,17-18H,6,8H2,1-3H3. The highest BCUT2D eigenvalue weighted by atomic mass is 19.4. The largest absolute Gasteiger partial charge is 0.417 e. The molecule has 0 aliphatic heterocycles. The van der Waals surface area contributed by atoms with Crippen LogP contribution >= 0.6 is 0 Å². The number of nitrogens with zero attached hydrogens (tertiary/aromatic N) is 1. The zero-order valence-electron chi connectivity index (χ0n) is 11.4. The van der Waals surface area contributed by atoms with Crippen molar-refractivity contribution >= 4 is 0 Å². The molecule has 1 atom stereocenters. The molecule has 0 fully saturated rings. The molecule has 0 saturated heterocycles. The number of hydrogen-bond donors (Lipinski definition) is 2. The van der Waals surface area contributed by atoms with Crippen molar-refractivity contribution in [3.63, 3.8) is 0 Å². The number of halogens is 3. The van der Waals surface area contributed by atoms with Gasteiger partial charge < -0.3 is 10.6 Å². The van der Waals surface area contributed by atoms with Crippen molar-refractivity contribution in [1.29, 1.82) is 0 Å². The molecule has 0 spiro atoms. The Morgan fingerprint density at radius 2 is 1.84 bits per heavy atom. The van der Waals surface area contributed by atoms with Gasteiger partial charge in [0, 0.05) is 31.4 Å². The van der Waals surface area contributed by atoms with E-state index < -0.39 is 11.7 Å². The van der Waals surface area contributed by atoms with Crippen LogP contribution in [0.2, 0.25) is 0 Å². The van der Waals surface area contributed by atoms with Crippen LogP contribution in [0.4, 0.5) is 13.2 Å². The molecule has 0 saturated carbocycles. The molecule has 2 N–H and O–H groups in total. The normalized spacial score (nSPS) is 13.8. The first kappa shape index (κ1) is 15.9. The average molecular weight is 275 g/mol. The summed E-state index contributed by atoms with van der Waals surface area (Å²) in [4.78, 5) is 3.81. The molecule has 1 aromatic heterocycles. The van der Waals surface area contributed by atoms with Crippen LogP contribution in [0.1, 0.15) is 32.0 Å². The number of nitrogens with one attached hydrogen (secondary N) is 2. The predicted octanol–water partition coefficient (Wildman–Crippen LogP) is 2.58. The van der Waals surface area contributed by atoms with E-state index in [0.29, 0.717) is 18.3 Å². The molecule has 0 aromatic carbocycles. The van der Waals surface area contributed by atoms with Crippen LogP contribution in [-0.4, -0.2) is 23.6 Å². The lowest BCUT2D eigenvalue weighted by atomic mass is 10.2. The third kappa shape index (κ3) is 6.02. The highest BCUT2D eigenvalue weighted by molar-refractivity contribution is 5.16. The second-order valence-electron chi connectivity index (χ2n) is 4.88. The van der Waals surface area contributed by atoms with Crippen LogP contribution in [0.3, 0.4) is 0 Å². The molecular weight excluding hydrogens is 255 g/mol. The quantitative estimate of drug-likeness (QED) is 0.838. The van der Waals surface area contributed by atoms with Gasteiger partial charge in [0.1, 0.15) is 0 Å². The van der Waals surface area contributed by atoms with Gasteiger partial charge in [-0.1, -0.05) is 13.8 Å². The first-order chi connectivity index (χ1) is 8.79. The number of pyridine rings is 1. The monoisotopic (exact) mass is 275 g/mol. The Bertz CT molecular complexity index is 374. The van der Waals surface area contributed by atoms with Gasteiger partial charge in [0.25, 0.3) is 0 Å². The minimum absolute atomic E-state index is 0.228. The van der Waals surface area contributed by atoms with E-state index in [1.807, 2.05) is 6.92 Å². The van der Waals surface area contributed by atoms with Crippen molar-refractivity contribution in [1.82, 2.24) is 15.6 Å². The molecule has 0 amide bonds. The van der Waals surface area contributed by atoms with Gasteiger partial charge in [-0.25, -0.2) is 0 Å². The second-order valence-corrected chi connectivity index (χ2v) is 4.88. The Morgan fingerprint density at radius 3 is 2.32 bits per heavy atom. The van der Waals surface area contributed by atoms with E-state index in [-0.39, 0.29) is 6.04 Å². The first-order valence-electron chi connectivity index (χ1n) is 6.28. The van der Waals surface area contributed by atoms with Crippen LogP contribution in [0.5, 0.6) is 0 Å². The molecule has 1 aromatic rings. The highest BCUT2D eigenvalue weighted by Crippen LogP contribution is 2.28. The lowest BCUT2D eigenvalue weighted by Crippen LogP contribution is -2.38. The first-order valence-corrected chi connectivity index (χ1v) is 6.28. The molecule has 0 aliphatic rings. The average Bonchev–Trinajstić information content (AvgIpc) is 2.33. The van der Waals surface area contributed by atoms with Gasteiger partial charge in [-0.05, 0) is 19.1 Å².